The number of amides is 1. The Kier molecular flexibility index (Phi) is 5.20. The summed E-state index contributed by atoms with van der Waals surface area (Å²) in [5, 5.41) is 0. The predicted molar refractivity (Wildman–Crippen MR) is 92.1 cm³/mol. The maximum absolute atomic E-state index is 12.5. The fourth-order valence-corrected chi connectivity index (χ4v) is 3.08. The molecule has 1 fully saturated rings. The van der Waals surface area contributed by atoms with E-state index in [0.29, 0.717) is 26.1 Å². The van der Waals surface area contributed by atoms with Gasteiger partial charge < -0.3 is 18.9 Å². The van der Waals surface area contributed by atoms with E-state index in [1.807, 2.05) is 53.2 Å². The molecule has 2 aromatic rings. The highest BCUT2D eigenvalue weighted by Gasteiger charge is 2.24. The maximum Gasteiger partial charge on any atom is 0.227 e. The molecule has 3 rings (SSSR count). The number of hydrogen-bond acceptors (Lipinski definition) is 3. The van der Waals surface area contributed by atoms with Crippen molar-refractivity contribution in [1.29, 1.82) is 0 Å². The SMILES string of the molecule is COc1cccc(CC2CN(C(=O)Cc3ccn(C)c3)CCO2)c1. The van der Waals surface area contributed by atoms with Gasteiger partial charge in [-0.05, 0) is 29.3 Å². The van der Waals surface area contributed by atoms with Crippen LogP contribution < -0.4 is 4.74 Å². The van der Waals surface area contributed by atoms with Crippen LogP contribution in [0.2, 0.25) is 0 Å². The first kappa shape index (κ1) is 16.6. The molecular weight excluding hydrogens is 304 g/mol. The normalized spacial score (nSPS) is 17.8. The first-order chi connectivity index (χ1) is 11.6. The van der Waals surface area contributed by atoms with Crippen molar-refractivity contribution in [3.8, 4) is 5.75 Å². The number of hydrogen-bond donors (Lipinski definition) is 0. The van der Waals surface area contributed by atoms with E-state index in [2.05, 4.69) is 6.07 Å². The molecule has 0 bridgehead atoms. The van der Waals surface area contributed by atoms with Crippen LogP contribution in [0, 0.1) is 0 Å². The summed E-state index contributed by atoms with van der Waals surface area (Å²) in [7, 11) is 3.63. The van der Waals surface area contributed by atoms with Crippen molar-refractivity contribution in [1.82, 2.24) is 9.47 Å². The van der Waals surface area contributed by atoms with Gasteiger partial charge in [-0.2, -0.15) is 0 Å². The van der Waals surface area contributed by atoms with Crippen LogP contribution in [-0.4, -0.2) is 48.3 Å². The molecule has 0 N–H and O–H groups in total. The lowest BCUT2D eigenvalue weighted by Crippen LogP contribution is -2.46. The number of aromatic nitrogens is 1. The van der Waals surface area contributed by atoms with Crippen molar-refractivity contribution in [3.63, 3.8) is 0 Å². The molecule has 1 aromatic carbocycles. The van der Waals surface area contributed by atoms with E-state index in [1.54, 1.807) is 7.11 Å². The highest BCUT2D eigenvalue weighted by Crippen LogP contribution is 2.17. The minimum atomic E-state index is 0.0329. The summed E-state index contributed by atoms with van der Waals surface area (Å²) in [6.45, 7) is 1.90. The second kappa shape index (κ2) is 7.53. The molecule has 0 aliphatic carbocycles. The van der Waals surface area contributed by atoms with Gasteiger partial charge in [-0.1, -0.05) is 12.1 Å². The Labute approximate surface area is 142 Å². The third-order valence-electron chi connectivity index (χ3n) is 4.34. The quantitative estimate of drug-likeness (QED) is 0.844. The van der Waals surface area contributed by atoms with Crippen LogP contribution in [0.5, 0.6) is 5.75 Å². The fraction of sp³-hybridized carbons (Fsp3) is 0.421. The summed E-state index contributed by atoms with van der Waals surface area (Å²) >= 11 is 0. The van der Waals surface area contributed by atoms with Crippen molar-refractivity contribution in [3.05, 3.63) is 53.9 Å². The zero-order valence-corrected chi connectivity index (χ0v) is 14.3. The number of morpholine rings is 1. The topological polar surface area (TPSA) is 43.7 Å². The van der Waals surface area contributed by atoms with Gasteiger partial charge in [0.1, 0.15) is 5.75 Å². The number of carbonyl (C=O) groups excluding carboxylic acids is 1. The first-order valence-electron chi connectivity index (χ1n) is 8.27. The van der Waals surface area contributed by atoms with Gasteiger partial charge in [0.05, 0.1) is 26.2 Å². The summed E-state index contributed by atoms with van der Waals surface area (Å²) in [6, 6.07) is 9.99. The zero-order valence-electron chi connectivity index (χ0n) is 14.3. The molecule has 1 saturated heterocycles. The minimum absolute atomic E-state index is 0.0329. The lowest BCUT2D eigenvalue weighted by Gasteiger charge is -2.33. The van der Waals surface area contributed by atoms with Gasteiger partial charge in [0.25, 0.3) is 0 Å². The number of carbonyl (C=O) groups is 1. The van der Waals surface area contributed by atoms with Gasteiger partial charge >= 0.3 is 0 Å². The number of benzene rings is 1. The average molecular weight is 328 g/mol. The van der Waals surface area contributed by atoms with Crippen LogP contribution >= 0.6 is 0 Å². The summed E-state index contributed by atoms with van der Waals surface area (Å²) in [5.41, 5.74) is 2.22. The molecule has 1 atom stereocenters. The molecule has 1 unspecified atom stereocenters. The molecule has 24 heavy (non-hydrogen) atoms. The molecule has 1 aromatic heterocycles. The van der Waals surface area contributed by atoms with Gasteiger partial charge in [0.15, 0.2) is 0 Å². The van der Waals surface area contributed by atoms with E-state index >= 15 is 0 Å². The summed E-state index contributed by atoms with van der Waals surface area (Å²) in [4.78, 5) is 14.4. The number of aryl methyl sites for hydroxylation is 1. The van der Waals surface area contributed by atoms with Gasteiger partial charge in [0.2, 0.25) is 5.91 Å². The van der Waals surface area contributed by atoms with Crippen LogP contribution in [0.4, 0.5) is 0 Å². The van der Waals surface area contributed by atoms with Gasteiger partial charge in [-0.15, -0.1) is 0 Å². The smallest absolute Gasteiger partial charge is 0.227 e. The standard InChI is InChI=1S/C19H24N2O3/c1-20-7-6-16(13-20)12-19(22)21-8-9-24-18(14-21)11-15-4-3-5-17(10-15)23-2/h3-7,10,13,18H,8-9,11-12,14H2,1-2H3. The minimum Gasteiger partial charge on any atom is -0.497 e. The van der Waals surface area contributed by atoms with Gasteiger partial charge in [0, 0.05) is 39.0 Å². The number of nitrogens with zero attached hydrogens (tertiary/aromatic N) is 2. The van der Waals surface area contributed by atoms with Crippen LogP contribution in [0.25, 0.3) is 0 Å². The fourth-order valence-electron chi connectivity index (χ4n) is 3.08. The Morgan fingerprint density at radius 1 is 1.33 bits per heavy atom. The Hall–Kier alpha value is -2.27. The third-order valence-corrected chi connectivity index (χ3v) is 4.34. The van der Waals surface area contributed by atoms with E-state index < -0.39 is 0 Å². The largest absolute Gasteiger partial charge is 0.497 e. The zero-order chi connectivity index (χ0) is 16.9. The predicted octanol–water partition coefficient (Wildman–Crippen LogP) is 2.05. The van der Waals surface area contributed by atoms with E-state index in [4.69, 9.17) is 9.47 Å². The van der Waals surface area contributed by atoms with Crippen molar-refractivity contribution in [2.75, 3.05) is 26.8 Å². The molecule has 1 aliphatic rings. The molecule has 128 valence electrons. The molecule has 0 saturated carbocycles. The third kappa shape index (κ3) is 4.17. The molecular formula is C19H24N2O3. The summed E-state index contributed by atoms with van der Waals surface area (Å²) in [6.07, 6.45) is 5.23. The van der Waals surface area contributed by atoms with Crippen molar-refractivity contribution >= 4 is 5.91 Å². The van der Waals surface area contributed by atoms with E-state index in [-0.39, 0.29) is 12.0 Å². The van der Waals surface area contributed by atoms with E-state index in [0.717, 1.165) is 23.3 Å². The molecule has 2 heterocycles. The molecule has 5 heteroatoms. The van der Waals surface area contributed by atoms with Crippen molar-refractivity contribution < 1.29 is 14.3 Å². The number of rotatable bonds is 5. The first-order valence-corrected chi connectivity index (χ1v) is 8.27. The molecule has 0 radical (unpaired) electrons. The molecule has 1 aliphatic heterocycles. The Bertz CT molecular complexity index is 695. The average Bonchev–Trinajstić information content (AvgIpc) is 3.00. The van der Waals surface area contributed by atoms with Crippen LogP contribution in [0.1, 0.15) is 11.1 Å². The summed E-state index contributed by atoms with van der Waals surface area (Å²) in [5.74, 6) is 1.01. The van der Waals surface area contributed by atoms with Crippen molar-refractivity contribution in [2.45, 2.75) is 18.9 Å². The van der Waals surface area contributed by atoms with Crippen LogP contribution in [0.3, 0.4) is 0 Å². The second-order valence-corrected chi connectivity index (χ2v) is 6.25. The highest BCUT2D eigenvalue weighted by molar-refractivity contribution is 5.78. The van der Waals surface area contributed by atoms with Crippen LogP contribution in [0.15, 0.2) is 42.7 Å². The molecule has 0 spiro atoms. The Balaban J connectivity index is 1.58. The summed E-state index contributed by atoms with van der Waals surface area (Å²) < 4.78 is 13.1. The Morgan fingerprint density at radius 2 is 2.21 bits per heavy atom. The van der Waals surface area contributed by atoms with Gasteiger partial charge in [-0.3, -0.25) is 4.79 Å². The van der Waals surface area contributed by atoms with Gasteiger partial charge in [-0.25, -0.2) is 0 Å². The maximum atomic E-state index is 12.5. The van der Waals surface area contributed by atoms with Crippen LogP contribution in [-0.2, 0) is 29.4 Å². The molecule has 5 nitrogen and oxygen atoms in total. The lowest BCUT2D eigenvalue weighted by atomic mass is 10.1. The number of methoxy groups -OCH3 is 1. The number of ether oxygens (including phenoxy) is 2. The van der Waals surface area contributed by atoms with E-state index in [9.17, 15) is 4.79 Å². The molecule has 1 amide bonds. The monoisotopic (exact) mass is 328 g/mol. The second-order valence-electron chi connectivity index (χ2n) is 6.25. The van der Waals surface area contributed by atoms with E-state index in [1.165, 1.54) is 0 Å². The Morgan fingerprint density at radius 3 is 2.96 bits per heavy atom. The van der Waals surface area contributed by atoms with Crippen molar-refractivity contribution in [2.24, 2.45) is 7.05 Å². The lowest BCUT2D eigenvalue weighted by molar-refractivity contribution is -0.138. The highest BCUT2D eigenvalue weighted by atomic mass is 16.5.